The molecule has 0 saturated carbocycles. The van der Waals surface area contributed by atoms with Crippen LogP contribution >= 0.6 is 0 Å². The Labute approximate surface area is 130 Å². The van der Waals surface area contributed by atoms with Crippen LogP contribution < -0.4 is 10.5 Å². The van der Waals surface area contributed by atoms with Gasteiger partial charge >= 0.3 is 0 Å². The Hall–Kier alpha value is -2.55. The summed E-state index contributed by atoms with van der Waals surface area (Å²) in [6, 6.07) is 18.0. The van der Waals surface area contributed by atoms with E-state index in [1.807, 2.05) is 72.1 Å². The van der Waals surface area contributed by atoms with Gasteiger partial charge in [-0.3, -0.25) is 9.36 Å². The molecule has 2 aromatic carbocycles. The number of fused-ring (bicyclic) bond motifs is 1. The second-order valence-corrected chi connectivity index (χ2v) is 5.60. The molecule has 0 aliphatic carbocycles. The van der Waals surface area contributed by atoms with E-state index in [-0.39, 0.29) is 5.56 Å². The molecule has 1 heterocycles. The highest BCUT2D eigenvalue weighted by Gasteiger charge is 2.13. The molecular weight excluding hydrogens is 272 g/mol. The molecule has 0 saturated heterocycles. The van der Waals surface area contributed by atoms with Gasteiger partial charge in [-0.25, -0.2) is 0 Å². The van der Waals surface area contributed by atoms with Gasteiger partial charge < -0.3 is 4.90 Å². The minimum absolute atomic E-state index is 0.0462. The fraction of sp³-hybridized carbons (Fsp3) is 0.211. The number of hydrogen-bond acceptors (Lipinski definition) is 2. The van der Waals surface area contributed by atoms with E-state index in [0.717, 1.165) is 34.3 Å². The third kappa shape index (κ3) is 2.29. The fourth-order valence-corrected chi connectivity index (χ4v) is 2.89. The Morgan fingerprint density at radius 2 is 1.73 bits per heavy atom. The fourth-order valence-electron chi connectivity index (χ4n) is 2.89. The van der Waals surface area contributed by atoms with Crippen LogP contribution in [0.1, 0.15) is 12.6 Å². The third-order valence-electron chi connectivity index (χ3n) is 3.96. The summed E-state index contributed by atoms with van der Waals surface area (Å²) in [7, 11) is 3.93. The maximum atomic E-state index is 13.2. The minimum Gasteiger partial charge on any atom is -0.377 e. The lowest BCUT2D eigenvalue weighted by molar-refractivity contribution is 0.888. The average molecular weight is 292 g/mol. The second-order valence-electron chi connectivity index (χ2n) is 5.60. The zero-order valence-corrected chi connectivity index (χ0v) is 13.2. The summed E-state index contributed by atoms with van der Waals surface area (Å²) < 4.78 is 1.83. The summed E-state index contributed by atoms with van der Waals surface area (Å²) >= 11 is 0. The van der Waals surface area contributed by atoms with Gasteiger partial charge in [-0.2, -0.15) is 0 Å². The lowest BCUT2D eigenvalue weighted by Gasteiger charge is -2.18. The third-order valence-corrected chi connectivity index (χ3v) is 3.96. The molecular formula is C19H20N2O. The number of pyridine rings is 1. The highest BCUT2D eigenvalue weighted by Crippen LogP contribution is 2.24. The van der Waals surface area contributed by atoms with Gasteiger partial charge in [0.1, 0.15) is 0 Å². The smallest absolute Gasteiger partial charge is 0.265 e. The van der Waals surface area contributed by atoms with Crippen molar-refractivity contribution in [1.29, 1.82) is 0 Å². The molecule has 3 heteroatoms. The number of hydrogen-bond donors (Lipinski definition) is 0. The molecule has 1 aromatic heterocycles. The van der Waals surface area contributed by atoms with Crippen LogP contribution in [-0.4, -0.2) is 18.7 Å². The second kappa shape index (κ2) is 5.68. The van der Waals surface area contributed by atoms with Crippen molar-refractivity contribution < 1.29 is 0 Å². The maximum absolute atomic E-state index is 13.2. The minimum atomic E-state index is 0.0462. The summed E-state index contributed by atoms with van der Waals surface area (Å²) in [5, 5.41) is 1.77. The molecule has 3 nitrogen and oxygen atoms in total. The molecule has 0 spiro atoms. The Bertz CT molecular complexity index is 864. The lowest BCUT2D eigenvalue weighted by atomic mass is 10.1. The van der Waals surface area contributed by atoms with E-state index < -0.39 is 0 Å². The molecule has 0 bridgehead atoms. The number of aryl methyl sites for hydroxylation is 1. The summed E-state index contributed by atoms with van der Waals surface area (Å²) in [5.74, 6) is 0. The number of nitrogens with zero attached hydrogens (tertiary/aromatic N) is 2. The van der Waals surface area contributed by atoms with E-state index in [9.17, 15) is 4.79 Å². The summed E-state index contributed by atoms with van der Waals surface area (Å²) in [5.41, 5.74) is 2.94. The topological polar surface area (TPSA) is 25.2 Å². The van der Waals surface area contributed by atoms with Gasteiger partial charge in [0.05, 0.1) is 5.39 Å². The van der Waals surface area contributed by atoms with Crippen molar-refractivity contribution in [2.45, 2.75) is 13.3 Å². The van der Waals surface area contributed by atoms with Crippen LogP contribution in [0.2, 0.25) is 0 Å². The van der Waals surface area contributed by atoms with Crippen LogP contribution in [0.3, 0.4) is 0 Å². The van der Waals surface area contributed by atoms with Gasteiger partial charge in [-0.15, -0.1) is 0 Å². The van der Waals surface area contributed by atoms with E-state index in [0.29, 0.717) is 0 Å². The predicted octanol–water partition coefficient (Wildman–Crippen LogP) is 3.62. The van der Waals surface area contributed by atoms with Crippen LogP contribution in [0.5, 0.6) is 0 Å². The van der Waals surface area contributed by atoms with Gasteiger partial charge in [0.25, 0.3) is 5.56 Å². The number of aromatic nitrogens is 1. The monoisotopic (exact) mass is 292 g/mol. The molecule has 22 heavy (non-hydrogen) atoms. The molecule has 0 radical (unpaired) electrons. The standard InChI is InChI=1S/C19H20N2O/c1-4-15-13-14-9-8-12-17(20(2)3)18(14)19(22)21(15)16-10-6-5-7-11-16/h5-13H,4H2,1-3H3. The molecule has 0 aliphatic heterocycles. The number of anilines is 1. The van der Waals surface area contributed by atoms with Crippen molar-refractivity contribution in [2.75, 3.05) is 19.0 Å². The van der Waals surface area contributed by atoms with Crippen molar-refractivity contribution >= 4 is 16.5 Å². The Balaban J connectivity index is 2.44. The Kier molecular flexibility index (Phi) is 3.72. The Morgan fingerprint density at radius 1 is 1.00 bits per heavy atom. The van der Waals surface area contributed by atoms with Crippen molar-refractivity contribution in [2.24, 2.45) is 0 Å². The first-order valence-corrected chi connectivity index (χ1v) is 7.54. The number of rotatable bonds is 3. The normalized spacial score (nSPS) is 10.9. The van der Waals surface area contributed by atoms with Crippen molar-refractivity contribution in [1.82, 2.24) is 4.57 Å². The van der Waals surface area contributed by atoms with E-state index in [2.05, 4.69) is 13.0 Å². The molecule has 0 unspecified atom stereocenters. The largest absolute Gasteiger partial charge is 0.377 e. The lowest BCUT2D eigenvalue weighted by Crippen LogP contribution is -2.24. The van der Waals surface area contributed by atoms with E-state index in [1.54, 1.807) is 0 Å². The van der Waals surface area contributed by atoms with E-state index >= 15 is 0 Å². The van der Waals surface area contributed by atoms with Gasteiger partial charge in [0.2, 0.25) is 0 Å². The predicted molar refractivity (Wildman–Crippen MR) is 93.3 cm³/mol. The van der Waals surface area contributed by atoms with Gasteiger partial charge in [-0.05, 0) is 36.1 Å². The summed E-state index contributed by atoms with van der Waals surface area (Å²) in [6.45, 7) is 2.08. The molecule has 112 valence electrons. The Morgan fingerprint density at radius 3 is 2.36 bits per heavy atom. The molecule has 0 N–H and O–H groups in total. The highest BCUT2D eigenvalue weighted by atomic mass is 16.1. The quantitative estimate of drug-likeness (QED) is 0.736. The van der Waals surface area contributed by atoms with Crippen molar-refractivity contribution in [3.63, 3.8) is 0 Å². The summed E-state index contributed by atoms with van der Waals surface area (Å²) in [4.78, 5) is 15.2. The van der Waals surface area contributed by atoms with Gasteiger partial charge in [-0.1, -0.05) is 37.3 Å². The van der Waals surface area contributed by atoms with Crippen molar-refractivity contribution in [3.05, 3.63) is 70.6 Å². The number of para-hydroxylation sites is 1. The molecule has 0 amide bonds. The van der Waals surface area contributed by atoms with E-state index in [4.69, 9.17) is 0 Å². The first kappa shape index (κ1) is 14.4. The average Bonchev–Trinajstić information content (AvgIpc) is 2.54. The van der Waals surface area contributed by atoms with E-state index in [1.165, 1.54) is 0 Å². The first-order valence-electron chi connectivity index (χ1n) is 7.54. The van der Waals surface area contributed by atoms with Crippen LogP contribution in [0.4, 0.5) is 5.69 Å². The zero-order valence-electron chi connectivity index (χ0n) is 13.2. The zero-order chi connectivity index (χ0) is 15.7. The van der Waals surface area contributed by atoms with Crippen molar-refractivity contribution in [3.8, 4) is 5.69 Å². The van der Waals surface area contributed by atoms with Crippen LogP contribution in [0, 0.1) is 0 Å². The molecule has 3 aromatic rings. The van der Waals surface area contributed by atoms with Gasteiger partial charge in [0, 0.05) is 31.2 Å². The first-order chi connectivity index (χ1) is 10.6. The molecule has 0 fully saturated rings. The van der Waals surface area contributed by atoms with Crippen LogP contribution in [0.15, 0.2) is 59.4 Å². The molecule has 0 atom stereocenters. The highest BCUT2D eigenvalue weighted by molar-refractivity contribution is 5.94. The summed E-state index contributed by atoms with van der Waals surface area (Å²) in [6.07, 6.45) is 0.812. The maximum Gasteiger partial charge on any atom is 0.265 e. The van der Waals surface area contributed by atoms with Crippen LogP contribution in [0.25, 0.3) is 16.5 Å². The SMILES string of the molecule is CCc1cc2cccc(N(C)C)c2c(=O)n1-c1ccccc1. The van der Waals surface area contributed by atoms with Gasteiger partial charge in [0.15, 0.2) is 0 Å². The number of benzene rings is 2. The molecule has 0 aliphatic rings. The molecule has 3 rings (SSSR count). The van der Waals surface area contributed by atoms with Crippen LogP contribution in [-0.2, 0) is 6.42 Å².